The van der Waals surface area contributed by atoms with E-state index in [1.54, 1.807) is 0 Å². The zero-order valence-corrected chi connectivity index (χ0v) is 10.8. The van der Waals surface area contributed by atoms with Gasteiger partial charge in [0, 0.05) is 12.1 Å². The lowest BCUT2D eigenvalue weighted by Gasteiger charge is -2.28. The minimum Gasteiger partial charge on any atom is -0.465 e. The average Bonchev–Trinajstić information content (AvgIpc) is 2.31. The van der Waals surface area contributed by atoms with Crippen LogP contribution in [0.4, 0.5) is 9.59 Å². The van der Waals surface area contributed by atoms with E-state index in [2.05, 4.69) is 10.6 Å². The SMILES string of the molecule is CCCCOC(=O)NC1CCC(NC(=O)O)CC1. The number of carbonyl (C=O) groups is 2. The van der Waals surface area contributed by atoms with Crippen molar-refractivity contribution in [3.8, 4) is 0 Å². The number of amides is 2. The molecular weight excluding hydrogens is 236 g/mol. The van der Waals surface area contributed by atoms with E-state index < -0.39 is 6.09 Å². The van der Waals surface area contributed by atoms with Crippen LogP contribution in [0.15, 0.2) is 0 Å². The maximum absolute atomic E-state index is 11.4. The molecule has 0 aromatic heterocycles. The summed E-state index contributed by atoms with van der Waals surface area (Å²) in [6.07, 6.45) is 3.62. The first-order valence-electron chi connectivity index (χ1n) is 6.54. The van der Waals surface area contributed by atoms with Crippen molar-refractivity contribution in [1.29, 1.82) is 0 Å². The second-order valence-electron chi connectivity index (χ2n) is 4.63. The second-order valence-corrected chi connectivity index (χ2v) is 4.63. The predicted octanol–water partition coefficient (Wildman–Crippen LogP) is 2.09. The smallest absolute Gasteiger partial charge is 0.407 e. The van der Waals surface area contributed by atoms with Crippen molar-refractivity contribution in [3.63, 3.8) is 0 Å². The first kappa shape index (κ1) is 14.6. The molecule has 0 bridgehead atoms. The summed E-state index contributed by atoms with van der Waals surface area (Å²) >= 11 is 0. The molecule has 1 aliphatic carbocycles. The molecule has 1 aliphatic rings. The van der Waals surface area contributed by atoms with Gasteiger partial charge < -0.3 is 20.5 Å². The van der Waals surface area contributed by atoms with Crippen LogP contribution in [-0.2, 0) is 4.74 Å². The van der Waals surface area contributed by atoms with Gasteiger partial charge in [0.15, 0.2) is 0 Å². The first-order chi connectivity index (χ1) is 8.61. The summed E-state index contributed by atoms with van der Waals surface area (Å²) in [7, 11) is 0. The van der Waals surface area contributed by atoms with Crippen LogP contribution < -0.4 is 10.6 Å². The molecule has 0 unspecified atom stereocenters. The highest BCUT2D eigenvalue weighted by Crippen LogP contribution is 2.18. The molecule has 18 heavy (non-hydrogen) atoms. The van der Waals surface area contributed by atoms with E-state index in [-0.39, 0.29) is 18.2 Å². The Kier molecular flexibility index (Phi) is 6.32. The molecule has 0 atom stereocenters. The zero-order valence-electron chi connectivity index (χ0n) is 10.8. The number of carbonyl (C=O) groups excluding carboxylic acids is 1. The Hall–Kier alpha value is -1.46. The van der Waals surface area contributed by atoms with Gasteiger partial charge in [-0.05, 0) is 32.1 Å². The van der Waals surface area contributed by atoms with Crippen molar-refractivity contribution in [1.82, 2.24) is 10.6 Å². The third-order valence-electron chi connectivity index (χ3n) is 3.11. The van der Waals surface area contributed by atoms with E-state index in [0.717, 1.165) is 38.5 Å². The van der Waals surface area contributed by atoms with Gasteiger partial charge in [-0.15, -0.1) is 0 Å². The average molecular weight is 258 g/mol. The molecule has 0 aromatic rings. The fourth-order valence-electron chi connectivity index (χ4n) is 2.07. The Balaban J connectivity index is 2.14. The number of hydrogen-bond acceptors (Lipinski definition) is 3. The van der Waals surface area contributed by atoms with Gasteiger partial charge in [-0.2, -0.15) is 0 Å². The van der Waals surface area contributed by atoms with E-state index in [9.17, 15) is 9.59 Å². The van der Waals surface area contributed by atoms with Gasteiger partial charge in [0.2, 0.25) is 0 Å². The molecule has 0 aliphatic heterocycles. The Morgan fingerprint density at radius 1 is 1.17 bits per heavy atom. The Morgan fingerprint density at radius 2 is 1.72 bits per heavy atom. The molecule has 0 heterocycles. The summed E-state index contributed by atoms with van der Waals surface area (Å²) in [4.78, 5) is 21.9. The van der Waals surface area contributed by atoms with Crippen LogP contribution in [0.1, 0.15) is 45.4 Å². The predicted molar refractivity (Wildman–Crippen MR) is 66.6 cm³/mol. The lowest BCUT2D eigenvalue weighted by Crippen LogP contribution is -2.43. The van der Waals surface area contributed by atoms with Gasteiger partial charge in [0.25, 0.3) is 0 Å². The molecule has 0 radical (unpaired) electrons. The first-order valence-corrected chi connectivity index (χ1v) is 6.54. The van der Waals surface area contributed by atoms with Gasteiger partial charge in [-0.1, -0.05) is 13.3 Å². The van der Waals surface area contributed by atoms with Crippen molar-refractivity contribution < 1.29 is 19.4 Å². The number of ether oxygens (including phenoxy) is 1. The molecule has 6 heteroatoms. The number of alkyl carbamates (subject to hydrolysis) is 1. The third-order valence-corrected chi connectivity index (χ3v) is 3.11. The fraction of sp³-hybridized carbons (Fsp3) is 0.833. The highest BCUT2D eigenvalue weighted by atomic mass is 16.5. The minimum atomic E-state index is -0.981. The van der Waals surface area contributed by atoms with Crippen molar-refractivity contribution in [3.05, 3.63) is 0 Å². The summed E-state index contributed by atoms with van der Waals surface area (Å²) in [6, 6.07) is 0.114. The van der Waals surface area contributed by atoms with E-state index >= 15 is 0 Å². The van der Waals surface area contributed by atoms with Crippen LogP contribution in [0.25, 0.3) is 0 Å². The fourth-order valence-corrected chi connectivity index (χ4v) is 2.07. The minimum absolute atomic E-state index is 0.0108. The summed E-state index contributed by atoms with van der Waals surface area (Å²) < 4.78 is 5.02. The molecular formula is C12H22N2O4. The number of hydrogen-bond donors (Lipinski definition) is 3. The van der Waals surface area contributed by atoms with Gasteiger partial charge in [-0.3, -0.25) is 0 Å². The largest absolute Gasteiger partial charge is 0.465 e. The van der Waals surface area contributed by atoms with Crippen LogP contribution >= 0.6 is 0 Å². The molecule has 2 amide bonds. The highest BCUT2D eigenvalue weighted by molar-refractivity contribution is 5.67. The third kappa shape index (κ3) is 5.75. The van der Waals surface area contributed by atoms with E-state index in [4.69, 9.17) is 9.84 Å². The van der Waals surface area contributed by atoms with Crippen LogP contribution in [0, 0.1) is 0 Å². The van der Waals surface area contributed by atoms with Crippen LogP contribution in [0.3, 0.4) is 0 Å². The number of carboxylic acid groups (broad SMARTS) is 1. The molecule has 1 saturated carbocycles. The maximum Gasteiger partial charge on any atom is 0.407 e. The number of nitrogens with one attached hydrogen (secondary N) is 2. The van der Waals surface area contributed by atoms with E-state index in [0.29, 0.717) is 6.61 Å². The van der Waals surface area contributed by atoms with Crippen molar-refractivity contribution in [2.45, 2.75) is 57.5 Å². The van der Waals surface area contributed by atoms with Crippen molar-refractivity contribution >= 4 is 12.2 Å². The summed E-state index contributed by atoms with van der Waals surface area (Å²) in [5.41, 5.74) is 0. The van der Waals surface area contributed by atoms with E-state index in [1.165, 1.54) is 0 Å². The maximum atomic E-state index is 11.4. The lowest BCUT2D eigenvalue weighted by atomic mass is 9.91. The Morgan fingerprint density at radius 3 is 2.22 bits per heavy atom. The Bertz CT molecular complexity index is 275. The molecule has 1 rings (SSSR count). The molecule has 0 spiro atoms. The van der Waals surface area contributed by atoms with Crippen LogP contribution in [0.5, 0.6) is 0 Å². The standard InChI is InChI=1S/C12H22N2O4/c1-2-3-8-18-12(17)14-10-6-4-9(5-7-10)13-11(15)16/h9-10,13H,2-8H2,1H3,(H,14,17)(H,15,16). The molecule has 3 N–H and O–H groups in total. The molecule has 0 saturated heterocycles. The van der Waals surface area contributed by atoms with Gasteiger partial charge >= 0.3 is 12.2 Å². The molecule has 104 valence electrons. The van der Waals surface area contributed by atoms with E-state index in [1.807, 2.05) is 6.92 Å². The summed E-state index contributed by atoms with van der Waals surface area (Å²) in [6.45, 7) is 2.50. The monoisotopic (exact) mass is 258 g/mol. The molecule has 1 fully saturated rings. The number of unbranched alkanes of at least 4 members (excludes halogenated alkanes) is 1. The van der Waals surface area contributed by atoms with Gasteiger partial charge in [-0.25, -0.2) is 9.59 Å². The highest BCUT2D eigenvalue weighted by Gasteiger charge is 2.23. The lowest BCUT2D eigenvalue weighted by molar-refractivity contribution is 0.136. The van der Waals surface area contributed by atoms with Crippen molar-refractivity contribution in [2.24, 2.45) is 0 Å². The second kappa shape index (κ2) is 7.79. The topological polar surface area (TPSA) is 87.7 Å². The van der Waals surface area contributed by atoms with Gasteiger partial charge in [0.05, 0.1) is 6.61 Å². The van der Waals surface area contributed by atoms with Crippen molar-refractivity contribution in [2.75, 3.05) is 6.61 Å². The quantitative estimate of drug-likeness (QED) is 0.659. The molecule has 0 aromatic carbocycles. The number of rotatable bonds is 5. The van der Waals surface area contributed by atoms with Crippen LogP contribution in [-0.4, -0.2) is 36.0 Å². The normalized spacial score (nSPS) is 23.2. The summed E-state index contributed by atoms with van der Waals surface area (Å²) in [5, 5.41) is 13.9. The van der Waals surface area contributed by atoms with Gasteiger partial charge in [0.1, 0.15) is 0 Å². The molecule has 6 nitrogen and oxygen atoms in total. The van der Waals surface area contributed by atoms with Crippen LogP contribution in [0.2, 0.25) is 0 Å². The summed E-state index contributed by atoms with van der Waals surface area (Å²) in [5.74, 6) is 0. The Labute approximate surface area is 107 Å². The zero-order chi connectivity index (χ0) is 13.4.